The van der Waals surface area contributed by atoms with E-state index in [4.69, 9.17) is 4.18 Å². The Morgan fingerprint density at radius 3 is 2.22 bits per heavy atom. The van der Waals surface area contributed by atoms with Gasteiger partial charge in [0.25, 0.3) is 0 Å². The first-order valence-electron chi connectivity index (χ1n) is 7.38. The summed E-state index contributed by atoms with van der Waals surface area (Å²) >= 11 is 0. The second kappa shape index (κ2) is 6.96. The Labute approximate surface area is 137 Å². The van der Waals surface area contributed by atoms with Gasteiger partial charge in [-0.3, -0.25) is 0 Å². The molecule has 0 aliphatic rings. The fourth-order valence-electron chi connectivity index (χ4n) is 2.08. The predicted molar refractivity (Wildman–Crippen MR) is 89.2 cm³/mol. The highest BCUT2D eigenvalue weighted by atomic mass is 32.2. The van der Waals surface area contributed by atoms with Crippen molar-refractivity contribution in [2.45, 2.75) is 38.5 Å². The normalized spacial score (nSPS) is 11.3. The molecule has 0 amide bonds. The van der Waals surface area contributed by atoms with Crippen LogP contribution in [0.5, 0.6) is 5.75 Å². The van der Waals surface area contributed by atoms with Crippen LogP contribution in [0.15, 0.2) is 47.4 Å². The van der Waals surface area contributed by atoms with Gasteiger partial charge in [0.15, 0.2) is 0 Å². The Morgan fingerprint density at radius 1 is 1.00 bits per heavy atom. The van der Waals surface area contributed by atoms with Crippen molar-refractivity contribution in [3.05, 3.63) is 59.2 Å². The predicted octanol–water partition coefficient (Wildman–Crippen LogP) is 3.59. The van der Waals surface area contributed by atoms with Gasteiger partial charge in [-0.05, 0) is 68.1 Å². The van der Waals surface area contributed by atoms with Gasteiger partial charge >= 0.3 is 10.1 Å². The van der Waals surface area contributed by atoms with Gasteiger partial charge in [0.05, 0.1) is 0 Å². The summed E-state index contributed by atoms with van der Waals surface area (Å²) in [6.07, 6.45) is 1.11. The molecule has 0 spiro atoms. The summed E-state index contributed by atoms with van der Waals surface area (Å²) < 4.78 is 29.8. The standard InChI is InChI=1S/C18H20O4S/c1-13-4-11-18(12-14(13)2)23(20,21)22-17-9-7-16(8-10-17)6-5-15(3)19/h4,7-12H,5-6H2,1-3H3. The fraction of sp³-hybridized carbons (Fsp3) is 0.278. The van der Waals surface area contributed by atoms with Crippen LogP contribution in [0.4, 0.5) is 0 Å². The second-order valence-electron chi connectivity index (χ2n) is 5.63. The molecule has 2 aromatic carbocycles. The summed E-state index contributed by atoms with van der Waals surface area (Å²) in [5, 5.41) is 0. The van der Waals surface area contributed by atoms with Crippen LogP contribution in [-0.4, -0.2) is 14.2 Å². The summed E-state index contributed by atoms with van der Waals surface area (Å²) in [6, 6.07) is 11.7. The highest BCUT2D eigenvalue weighted by Gasteiger charge is 2.17. The van der Waals surface area contributed by atoms with Crippen molar-refractivity contribution in [1.29, 1.82) is 0 Å². The number of rotatable bonds is 6. The maximum Gasteiger partial charge on any atom is 0.339 e. The van der Waals surface area contributed by atoms with E-state index in [2.05, 4.69) is 0 Å². The molecule has 23 heavy (non-hydrogen) atoms. The first-order chi connectivity index (χ1) is 10.8. The zero-order chi connectivity index (χ0) is 17.0. The number of ketones is 1. The molecule has 0 N–H and O–H groups in total. The van der Waals surface area contributed by atoms with Crippen molar-refractivity contribution in [2.75, 3.05) is 0 Å². The lowest BCUT2D eigenvalue weighted by Gasteiger charge is -2.09. The summed E-state index contributed by atoms with van der Waals surface area (Å²) in [5.41, 5.74) is 2.89. The van der Waals surface area contributed by atoms with Crippen LogP contribution < -0.4 is 4.18 Å². The van der Waals surface area contributed by atoms with Gasteiger partial charge in [-0.25, -0.2) is 0 Å². The van der Waals surface area contributed by atoms with Crippen molar-refractivity contribution in [3.63, 3.8) is 0 Å². The average molecular weight is 332 g/mol. The lowest BCUT2D eigenvalue weighted by molar-refractivity contribution is -0.116. The van der Waals surface area contributed by atoms with Gasteiger partial charge < -0.3 is 8.98 Å². The molecular formula is C18H20O4S. The maximum absolute atomic E-state index is 12.3. The minimum absolute atomic E-state index is 0.127. The molecule has 2 aromatic rings. The Balaban J connectivity index is 2.13. The van der Waals surface area contributed by atoms with Crippen LogP contribution in [0.3, 0.4) is 0 Å². The van der Waals surface area contributed by atoms with Gasteiger partial charge in [0.2, 0.25) is 0 Å². The Hall–Kier alpha value is -2.14. The summed E-state index contributed by atoms with van der Waals surface area (Å²) in [6.45, 7) is 5.33. The minimum atomic E-state index is -3.85. The van der Waals surface area contributed by atoms with Crippen LogP contribution >= 0.6 is 0 Å². The molecular weight excluding hydrogens is 312 g/mol. The van der Waals surface area contributed by atoms with Gasteiger partial charge in [-0.1, -0.05) is 18.2 Å². The minimum Gasteiger partial charge on any atom is -0.379 e. The van der Waals surface area contributed by atoms with Crippen molar-refractivity contribution < 1.29 is 17.4 Å². The molecule has 0 aromatic heterocycles. The number of hydrogen-bond acceptors (Lipinski definition) is 4. The van der Waals surface area contributed by atoms with E-state index >= 15 is 0 Å². The monoisotopic (exact) mass is 332 g/mol. The molecule has 0 aliphatic heterocycles. The number of benzene rings is 2. The Bertz CT molecular complexity index is 805. The summed E-state index contributed by atoms with van der Waals surface area (Å²) in [7, 11) is -3.85. The first kappa shape index (κ1) is 17.2. The van der Waals surface area contributed by atoms with Crippen LogP contribution in [0, 0.1) is 13.8 Å². The van der Waals surface area contributed by atoms with Gasteiger partial charge in [-0.15, -0.1) is 0 Å². The average Bonchev–Trinajstić information content (AvgIpc) is 2.49. The molecule has 0 aliphatic carbocycles. The highest BCUT2D eigenvalue weighted by Crippen LogP contribution is 2.21. The van der Waals surface area contributed by atoms with E-state index in [1.807, 2.05) is 13.8 Å². The largest absolute Gasteiger partial charge is 0.379 e. The van der Waals surface area contributed by atoms with E-state index in [-0.39, 0.29) is 16.4 Å². The van der Waals surface area contributed by atoms with E-state index in [1.165, 1.54) is 0 Å². The highest BCUT2D eigenvalue weighted by molar-refractivity contribution is 7.87. The number of carbonyl (C=O) groups excluding carboxylic acids is 1. The van der Waals surface area contributed by atoms with Crippen LogP contribution in [0.2, 0.25) is 0 Å². The number of hydrogen-bond donors (Lipinski definition) is 0. The molecule has 0 bridgehead atoms. The molecule has 2 rings (SSSR count). The van der Waals surface area contributed by atoms with Crippen LogP contribution in [0.1, 0.15) is 30.0 Å². The van der Waals surface area contributed by atoms with E-state index < -0.39 is 10.1 Å². The summed E-state index contributed by atoms with van der Waals surface area (Å²) in [5.74, 6) is 0.387. The quantitative estimate of drug-likeness (QED) is 0.759. The Morgan fingerprint density at radius 2 is 1.65 bits per heavy atom. The number of Topliss-reactive ketones (excluding diaryl/α,β-unsaturated/α-hetero) is 1. The first-order valence-corrected chi connectivity index (χ1v) is 8.79. The molecule has 0 atom stereocenters. The molecule has 0 unspecified atom stereocenters. The molecule has 5 heteroatoms. The molecule has 0 saturated carbocycles. The molecule has 122 valence electrons. The molecule has 0 heterocycles. The van der Waals surface area contributed by atoms with Gasteiger partial charge in [0, 0.05) is 6.42 Å². The summed E-state index contributed by atoms with van der Waals surface area (Å²) in [4.78, 5) is 11.1. The third-order valence-electron chi connectivity index (χ3n) is 3.66. The molecule has 0 radical (unpaired) electrons. The SMILES string of the molecule is CC(=O)CCc1ccc(OS(=O)(=O)c2ccc(C)c(C)c2)cc1. The molecule has 0 saturated heterocycles. The van der Waals surface area contributed by atoms with Crippen molar-refractivity contribution in [1.82, 2.24) is 0 Å². The topological polar surface area (TPSA) is 60.4 Å². The van der Waals surface area contributed by atoms with Crippen molar-refractivity contribution in [3.8, 4) is 5.75 Å². The van der Waals surface area contributed by atoms with E-state index in [0.717, 1.165) is 16.7 Å². The third-order valence-corrected chi connectivity index (χ3v) is 4.91. The third kappa shape index (κ3) is 4.66. The maximum atomic E-state index is 12.3. The Kier molecular flexibility index (Phi) is 5.21. The smallest absolute Gasteiger partial charge is 0.339 e. The van der Waals surface area contributed by atoms with Gasteiger partial charge in [0.1, 0.15) is 16.4 Å². The van der Waals surface area contributed by atoms with Gasteiger partial charge in [-0.2, -0.15) is 8.42 Å². The molecule has 0 fully saturated rings. The van der Waals surface area contributed by atoms with E-state index in [9.17, 15) is 13.2 Å². The number of carbonyl (C=O) groups is 1. The van der Waals surface area contributed by atoms with E-state index in [1.54, 1.807) is 49.4 Å². The van der Waals surface area contributed by atoms with Crippen molar-refractivity contribution in [2.24, 2.45) is 0 Å². The lowest BCUT2D eigenvalue weighted by Crippen LogP contribution is -2.10. The number of aryl methyl sites for hydroxylation is 3. The van der Waals surface area contributed by atoms with E-state index in [0.29, 0.717) is 12.8 Å². The van der Waals surface area contributed by atoms with Crippen LogP contribution in [0.25, 0.3) is 0 Å². The van der Waals surface area contributed by atoms with Crippen molar-refractivity contribution >= 4 is 15.9 Å². The fourth-order valence-corrected chi connectivity index (χ4v) is 3.09. The zero-order valence-corrected chi connectivity index (χ0v) is 14.3. The second-order valence-corrected chi connectivity index (χ2v) is 7.18. The van der Waals surface area contributed by atoms with Crippen LogP contribution in [-0.2, 0) is 21.3 Å². The lowest BCUT2D eigenvalue weighted by atomic mass is 10.1. The zero-order valence-electron chi connectivity index (χ0n) is 13.5. The molecule has 4 nitrogen and oxygen atoms in total.